The SMILES string of the molecule is COc1cc(C(=O)OCC(=O)Nc2ccccc2Cl)c([N+](=O)[O-])cc1OC. The van der Waals surface area contributed by atoms with Crippen LogP contribution in [-0.4, -0.2) is 37.6 Å². The van der Waals surface area contributed by atoms with E-state index in [1.807, 2.05) is 0 Å². The number of hydrogen-bond donors (Lipinski definition) is 1. The number of hydrogen-bond acceptors (Lipinski definition) is 7. The Hall–Kier alpha value is -3.33. The number of nitro groups is 1. The lowest BCUT2D eigenvalue weighted by molar-refractivity contribution is -0.385. The molecule has 10 heteroatoms. The van der Waals surface area contributed by atoms with Crippen molar-refractivity contribution >= 4 is 34.9 Å². The van der Waals surface area contributed by atoms with Crippen molar-refractivity contribution in [2.45, 2.75) is 0 Å². The lowest BCUT2D eigenvalue weighted by Gasteiger charge is -2.11. The zero-order valence-corrected chi connectivity index (χ0v) is 15.1. The number of nitrogens with zero attached hydrogens (tertiary/aromatic N) is 1. The number of rotatable bonds is 7. The van der Waals surface area contributed by atoms with E-state index in [2.05, 4.69) is 5.32 Å². The molecule has 0 saturated heterocycles. The lowest BCUT2D eigenvalue weighted by Crippen LogP contribution is -2.21. The van der Waals surface area contributed by atoms with E-state index in [1.165, 1.54) is 14.2 Å². The summed E-state index contributed by atoms with van der Waals surface area (Å²) in [5.41, 5.74) is -0.565. The molecule has 142 valence electrons. The highest BCUT2D eigenvalue weighted by Gasteiger charge is 2.26. The Bertz CT molecular complexity index is 886. The molecular formula is C17H15ClN2O7. The van der Waals surface area contributed by atoms with Crippen molar-refractivity contribution in [1.29, 1.82) is 0 Å². The summed E-state index contributed by atoms with van der Waals surface area (Å²) in [5.74, 6) is -1.52. The fraction of sp³-hybridized carbons (Fsp3) is 0.176. The molecular weight excluding hydrogens is 380 g/mol. The largest absolute Gasteiger partial charge is 0.493 e. The average Bonchev–Trinajstić information content (AvgIpc) is 2.66. The first-order chi connectivity index (χ1) is 12.9. The van der Waals surface area contributed by atoms with Crippen molar-refractivity contribution in [3.05, 3.63) is 57.1 Å². The molecule has 0 bridgehead atoms. The van der Waals surface area contributed by atoms with E-state index in [0.29, 0.717) is 10.7 Å². The van der Waals surface area contributed by atoms with Gasteiger partial charge >= 0.3 is 5.97 Å². The van der Waals surface area contributed by atoms with Gasteiger partial charge < -0.3 is 19.5 Å². The third-order valence-electron chi connectivity index (χ3n) is 3.40. The summed E-state index contributed by atoms with van der Waals surface area (Å²) in [6.45, 7) is -0.657. The number of nitro benzene ring substituents is 1. The van der Waals surface area contributed by atoms with E-state index < -0.39 is 29.1 Å². The van der Waals surface area contributed by atoms with Crippen LogP contribution in [0.25, 0.3) is 0 Å². The van der Waals surface area contributed by atoms with E-state index in [9.17, 15) is 19.7 Å². The van der Waals surface area contributed by atoms with Crippen LogP contribution in [-0.2, 0) is 9.53 Å². The van der Waals surface area contributed by atoms with E-state index in [4.69, 9.17) is 25.8 Å². The molecule has 0 radical (unpaired) electrons. The second-order valence-electron chi connectivity index (χ2n) is 5.09. The Morgan fingerprint density at radius 1 is 1.15 bits per heavy atom. The number of para-hydroxylation sites is 1. The van der Waals surface area contributed by atoms with Crippen molar-refractivity contribution in [3.8, 4) is 11.5 Å². The molecule has 1 amide bonds. The standard InChI is InChI=1S/C17H15ClN2O7/c1-25-14-7-10(13(20(23)24)8-15(14)26-2)17(22)27-9-16(21)19-12-6-4-3-5-11(12)18/h3-8H,9H2,1-2H3,(H,19,21). The molecule has 0 spiro atoms. The normalized spacial score (nSPS) is 10.0. The Morgan fingerprint density at radius 3 is 2.37 bits per heavy atom. The molecule has 0 aliphatic carbocycles. The number of methoxy groups -OCH3 is 2. The Morgan fingerprint density at radius 2 is 1.78 bits per heavy atom. The number of benzene rings is 2. The van der Waals surface area contributed by atoms with Crippen molar-refractivity contribution < 1.29 is 28.7 Å². The van der Waals surface area contributed by atoms with E-state index >= 15 is 0 Å². The van der Waals surface area contributed by atoms with Gasteiger partial charge in [-0.1, -0.05) is 23.7 Å². The molecule has 2 aromatic carbocycles. The van der Waals surface area contributed by atoms with Crippen molar-refractivity contribution in [1.82, 2.24) is 0 Å². The second kappa shape index (κ2) is 8.86. The highest BCUT2D eigenvalue weighted by molar-refractivity contribution is 6.33. The zero-order chi connectivity index (χ0) is 20.0. The minimum atomic E-state index is -1.06. The first-order valence-corrected chi connectivity index (χ1v) is 7.87. The highest BCUT2D eigenvalue weighted by atomic mass is 35.5. The summed E-state index contributed by atoms with van der Waals surface area (Å²) >= 11 is 5.92. The van der Waals surface area contributed by atoms with E-state index in [0.717, 1.165) is 12.1 Å². The molecule has 0 aliphatic heterocycles. The predicted octanol–water partition coefficient (Wildman–Crippen LogP) is 3.06. The summed E-state index contributed by atoms with van der Waals surface area (Å²) in [5, 5.41) is 14.0. The van der Waals surface area contributed by atoms with Gasteiger partial charge in [0, 0.05) is 6.07 Å². The smallest absolute Gasteiger partial charge is 0.345 e. The minimum absolute atomic E-state index is 0.0808. The zero-order valence-electron chi connectivity index (χ0n) is 14.4. The highest BCUT2D eigenvalue weighted by Crippen LogP contribution is 2.34. The Balaban J connectivity index is 2.14. The number of esters is 1. The van der Waals surface area contributed by atoms with Crippen molar-refractivity contribution in [3.63, 3.8) is 0 Å². The van der Waals surface area contributed by atoms with Gasteiger partial charge in [0.1, 0.15) is 5.56 Å². The summed E-state index contributed by atoms with van der Waals surface area (Å²) < 4.78 is 14.9. The molecule has 0 unspecified atom stereocenters. The Kier molecular flexibility index (Phi) is 6.56. The van der Waals surface area contributed by atoms with Gasteiger partial charge in [0.05, 0.1) is 35.9 Å². The quantitative estimate of drug-likeness (QED) is 0.435. The first kappa shape index (κ1) is 20.0. The summed E-state index contributed by atoms with van der Waals surface area (Å²) in [7, 11) is 2.62. The van der Waals surface area contributed by atoms with Crippen LogP contribution in [0.2, 0.25) is 5.02 Å². The maximum absolute atomic E-state index is 12.2. The van der Waals surface area contributed by atoms with Crippen LogP contribution < -0.4 is 14.8 Å². The first-order valence-electron chi connectivity index (χ1n) is 7.49. The van der Waals surface area contributed by atoms with Crippen LogP contribution in [0.4, 0.5) is 11.4 Å². The summed E-state index contributed by atoms with van der Waals surface area (Å²) in [4.78, 5) is 34.6. The maximum Gasteiger partial charge on any atom is 0.345 e. The van der Waals surface area contributed by atoms with Crippen molar-refractivity contribution in [2.75, 3.05) is 26.1 Å². The van der Waals surface area contributed by atoms with Crippen LogP contribution in [0.1, 0.15) is 10.4 Å². The van der Waals surface area contributed by atoms with Gasteiger partial charge in [0.15, 0.2) is 18.1 Å². The molecule has 27 heavy (non-hydrogen) atoms. The minimum Gasteiger partial charge on any atom is -0.493 e. The van der Waals surface area contributed by atoms with Gasteiger partial charge in [0.25, 0.3) is 11.6 Å². The molecule has 0 heterocycles. The number of nitrogens with one attached hydrogen (secondary N) is 1. The molecule has 2 aromatic rings. The lowest BCUT2D eigenvalue weighted by atomic mass is 10.1. The van der Waals surface area contributed by atoms with Gasteiger partial charge in [-0.3, -0.25) is 14.9 Å². The predicted molar refractivity (Wildman–Crippen MR) is 96.6 cm³/mol. The van der Waals surface area contributed by atoms with Gasteiger partial charge in [-0.25, -0.2) is 4.79 Å². The van der Waals surface area contributed by atoms with Gasteiger partial charge in [-0.05, 0) is 12.1 Å². The number of carbonyl (C=O) groups excluding carboxylic acids is 2. The fourth-order valence-electron chi connectivity index (χ4n) is 2.14. The number of carbonyl (C=O) groups is 2. The third kappa shape index (κ3) is 4.85. The van der Waals surface area contributed by atoms with Crippen LogP contribution in [0, 0.1) is 10.1 Å². The number of ether oxygens (including phenoxy) is 3. The van der Waals surface area contributed by atoms with Gasteiger partial charge in [0.2, 0.25) is 0 Å². The van der Waals surface area contributed by atoms with E-state index in [1.54, 1.807) is 24.3 Å². The molecule has 0 atom stereocenters. The number of halogens is 1. The van der Waals surface area contributed by atoms with Crippen LogP contribution in [0.3, 0.4) is 0 Å². The molecule has 0 saturated carbocycles. The Labute approximate surface area is 158 Å². The van der Waals surface area contributed by atoms with Crippen LogP contribution >= 0.6 is 11.6 Å². The number of anilines is 1. The summed E-state index contributed by atoms with van der Waals surface area (Å²) in [6, 6.07) is 8.66. The van der Waals surface area contributed by atoms with Gasteiger partial charge in [-0.2, -0.15) is 0 Å². The fourth-order valence-corrected chi connectivity index (χ4v) is 2.32. The average molecular weight is 395 g/mol. The van der Waals surface area contributed by atoms with Gasteiger partial charge in [-0.15, -0.1) is 0 Å². The van der Waals surface area contributed by atoms with Crippen molar-refractivity contribution in [2.24, 2.45) is 0 Å². The molecule has 0 fully saturated rings. The monoisotopic (exact) mass is 394 g/mol. The molecule has 0 aromatic heterocycles. The van der Waals surface area contributed by atoms with Crippen LogP contribution in [0.5, 0.6) is 11.5 Å². The number of amides is 1. The third-order valence-corrected chi connectivity index (χ3v) is 3.73. The molecule has 0 aliphatic rings. The molecule has 1 N–H and O–H groups in total. The molecule has 2 rings (SSSR count). The summed E-state index contributed by atoms with van der Waals surface area (Å²) in [6.07, 6.45) is 0. The molecule has 9 nitrogen and oxygen atoms in total. The van der Waals surface area contributed by atoms with E-state index in [-0.39, 0.29) is 17.1 Å². The van der Waals surface area contributed by atoms with Crippen LogP contribution in [0.15, 0.2) is 36.4 Å². The second-order valence-corrected chi connectivity index (χ2v) is 5.49. The topological polar surface area (TPSA) is 117 Å². The maximum atomic E-state index is 12.2.